The van der Waals surface area contributed by atoms with E-state index in [1.54, 1.807) is 0 Å². The minimum absolute atomic E-state index is 0.0308. The normalized spacial score (nSPS) is 15.2. The van der Waals surface area contributed by atoms with E-state index in [4.69, 9.17) is 0 Å². The van der Waals surface area contributed by atoms with Gasteiger partial charge in [-0.05, 0) is 77.8 Å². The molecule has 1 fully saturated rings. The van der Waals surface area contributed by atoms with Crippen LogP contribution < -0.4 is 10.2 Å². The van der Waals surface area contributed by atoms with Gasteiger partial charge in [0.25, 0.3) is 5.91 Å². The third-order valence-electron chi connectivity index (χ3n) is 7.86. The van der Waals surface area contributed by atoms with E-state index < -0.39 is 17.6 Å². The standard InChI is InChI=1S/C35H39N5O4/c1-7-39(25-14-12-22(13-15-25)16-26-30(41)19-31(42)36-33(26)44)20-23-17-24(35(5,6)21-34(2,3)4)18-29(32(23)43)40-37-27-10-8-9-11-28(27)38-40/h8-18,43H,7,19-21H2,1-6H3,(H,36,42,44)/b26-16+. The Labute approximate surface area is 257 Å². The molecule has 9 nitrogen and oxygen atoms in total. The Hall–Kier alpha value is -4.79. The Morgan fingerprint density at radius 2 is 1.59 bits per heavy atom. The number of benzene rings is 3. The highest BCUT2D eigenvalue weighted by molar-refractivity contribution is 6.32. The third-order valence-corrected chi connectivity index (χ3v) is 7.86. The first-order valence-electron chi connectivity index (χ1n) is 14.9. The summed E-state index contributed by atoms with van der Waals surface area (Å²) in [4.78, 5) is 39.5. The topological polar surface area (TPSA) is 117 Å². The van der Waals surface area contributed by atoms with Crippen molar-refractivity contribution >= 4 is 40.4 Å². The van der Waals surface area contributed by atoms with Crippen molar-refractivity contribution < 1.29 is 19.5 Å². The summed E-state index contributed by atoms with van der Waals surface area (Å²) in [6, 6.07) is 19.2. The van der Waals surface area contributed by atoms with Gasteiger partial charge in [-0.25, -0.2) is 0 Å². The summed E-state index contributed by atoms with van der Waals surface area (Å²) >= 11 is 0. The van der Waals surface area contributed by atoms with E-state index >= 15 is 0 Å². The summed E-state index contributed by atoms with van der Waals surface area (Å²) in [5.74, 6) is -1.62. The van der Waals surface area contributed by atoms with Crippen molar-refractivity contribution in [1.29, 1.82) is 0 Å². The molecule has 5 rings (SSSR count). The summed E-state index contributed by atoms with van der Waals surface area (Å²) in [7, 11) is 0. The number of aromatic hydroxyl groups is 1. The Morgan fingerprint density at radius 3 is 2.16 bits per heavy atom. The summed E-state index contributed by atoms with van der Waals surface area (Å²) < 4.78 is 0. The van der Waals surface area contributed by atoms with E-state index in [-0.39, 0.29) is 28.6 Å². The maximum Gasteiger partial charge on any atom is 0.261 e. The fourth-order valence-corrected chi connectivity index (χ4v) is 6.03. The van der Waals surface area contributed by atoms with Gasteiger partial charge in [-0.15, -0.1) is 15.0 Å². The zero-order valence-electron chi connectivity index (χ0n) is 26.1. The number of phenols is 1. The highest BCUT2D eigenvalue weighted by Gasteiger charge is 2.30. The third kappa shape index (κ3) is 6.56. The van der Waals surface area contributed by atoms with E-state index in [1.165, 1.54) is 10.9 Å². The van der Waals surface area contributed by atoms with Crippen LogP contribution in [0.15, 0.2) is 66.2 Å². The molecule has 4 aromatic rings. The number of hydrogen-bond donors (Lipinski definition) is 2. The number of fused-ring (bicyclic) bond motifs is 1. The highest BCUT2D eigenvalue weighted by Crippen LogP contribution is 2.40. The molecule has 0 saturated carbocycles. The van der Waals surface area contributed by atoms with Gasteiger partial charge < -0.3 is 10.0 Å². The van der Waals surface area contributed by atoms with Crippen molar-refractivity contribution in [3.8, 4) is 11.4 Å². The Balaban J connectivity index is 1.51. The van der Waals surface area contributed by atoms with Crippen molar-refractivity contribution in [2.45, 2.75) is 66.3 Å². The molecule has 0 unspecified atom stereocenters. The smallest absolute Gasteiger partial charge is 0.261 e. The fourth-order valence-electron chi connectivity index (χ4n) is 6.03. The van der Waals surface area contributed by atoms with Crippen molar-refractivity contribution in [3.63, 3.8) is 0 Å². The quantitative estimate of drug-likeness (QED) is 0.114. The van der Waals surface area contributed by atoms with Gasteiger partial charge in [0, 0.05) is 24.3 Å². The monoisotopic (exact) mass is 593 g/mol. The van der Waals surface area contributed by atoms with Gasteiger partial charge in [0.15, 0.2) is 5.78 Å². The van der Waals surface area contributed by atoms with Crippen LogP contribution in [0.5, 0.6) is 5.75 Å². The number of amides is 2. The number of rotatable bonds is 8. The SMILES string of the molecule is CCN(Cc1cc(C(C)(C)CC(C)(C)C)cc(-n2nc3ccccc3n2)c1O)c1ccc(/C=C2\C(=O)CC(=O)NC2=O)cc1. The lowest BCUT2D eigenvalue weighted by molar-refractivity contribution is -0.134. The summed E-state index contributed by atoms with van der Waals surface area (Å²) in [5.41, 5.74) is 5.31. The lowest BCUT2D eigenvalue weighted by Crippen LogP contribution is -2.40. The second-order valence-corrected chi connectivity index (χ2v) is 13.2. The van der Waals surface area contributed by atoms with Gasteiger partial charge in [-0.3, -0.25) is 19.7 Å². The molecule has 1 aliphatic heterocycles. The number of imide groups is 1. The molecule has 1 aliphatic rings. The predicted molar refractivity (Wildman–Crippen MR) is 172 cm³/mol. The van der Waals surface area contributed by atoms with Gasteiger partial charge in [0.05, 0.1) is 12.0 Å². The van der Waals surface area contributed by atoms with Crippen LogP contribution in [-0.4, -0.2) is 44.2 Å². The number of nitrogens with one attached hydrogen (secondary N) is 1. The van der Waals surface area contributed by atoms with Gasteiger partial charge >= 0.3 is 0 Å². The molecule has 2 amide bonds. The van der Waals surface area contributed by atoms with Crippen molar-refractivity contribution in [2.75, 3.05) is 11.4 Å². The van der Waals surface area contributed by atoms with Crippen LogP contribution in [0, 0.1) is 5.41 Å². The number of hydrogen-bond acceptors (Lipinski definition) is 7. The van der Waals surface area contributed by atoms with Gasteiger partial charge in [0.2, 0.25) is 5.91 Å². The second kappa shape index (κ2) is 11.7. The number of nitrogens with zero attached hydrogens (tertiary/aromatic N) is 4. The zero-order chi connectivity index (χ0) is 31.8. The molecule has 0 spiro atoms. The lowest BCUT2D eigenvalue weighted by atomic mass is 9.72. The molecule has 228 valence electrons. The summed E-state index contributed by atoms with van der Waals surface area (Å²) in [6.45, 7) is 14.3. The number of carbonyl (C=O) groups is 3. The van der Waals surface area contributed by atoms with Crippen LogP contribution in [0.25, 0.3) is 22.8 Å². The first-order valence-corrected chi connectivity index (χ1v) is 14.9. The second-order valence-electron chi connectivity index (χ2n) is 13.2. The van der Waals surface area contributed by atoms with Crippen molar-refractivity contribution in [1.82, 2.24) is 20.3 Å². The van der Waals surface area contributed by atoms with E-state index in [1.807, 2.05) is 61.5 Å². The Bertz CT molecular complexity index is 1720. The van der Waals surface area contributed by atoms with Crippen LogP contribution in [-0.2, 0) is 26.3 Å². The van der Waals surface area contributed by atoms with Gasteiger partial charge in [-0.2, -0.15) is 0 Å². The number of Topliss-reactive ketones (excluding diaryl/α,β-unsaturated/α-hetero) is 1. The van der Waals surface area contributed by atoms with Crippen LogP contribution in [0.4, 0.5) is 5.69 Å². The van der Waals surface area contributed by atoms with Gasteiger partial charge in [0.1, 0.15) is 22.5 Å². The zero-order valence-corrected chi connectivity index (χ0v) is 26.1. The van der Waals surface area contributed by atoms with E-state index in [0.717, 1.165) is 34.3 Å². The Kier molecular flexibility index (Phi) is 8.16. The number of carbonyl (C=O) groups excluding carboxylic acids is 3. The molecule has 0 radical (unpaired) electrons. The molecule has 2 heterocycles. The molecule has 2 N–H and O–H groups in total. The van der Waals surface area contributed by atoms with E-state index in [9.17, 15) is 19.5 Å². The largest absolute Gasteiger partial charge is 0.505 e. The highest BCUT2D eigenvalue weighted by atomic mass is 16.3. The predicted octanol–water partition coefficient (Wildman–Crippen LogP) is 5.87. The van der Waals surface area contributed by atoms with E-state index in [2.05, 4.69) is 61.1 Å². The Morgan fingerprint density at radius 1 is 0.955 bits per heavy atom. The average Bonchev–Trinajstić information content (AvgIpc) is 3.37. The number of ketones is 1. The summed E-state index contributed by atoms with van der Waals surface area (Å²) in [5, 5.41) is 23.2. The van der Waals surface area contributed by atoms with Gasteiger partial charge in [-0.1, -0.05) is 58.9 Å². The van der Waals surface area contributed by atoms with Crippen LogP contribution >= 0.6 is 0 Å². The maximum absolute atomic E-state index is 12.2. The number of anilines is 1. The first-order chi connectivity index (χ1) is 20.7. The number of piperidine rings is 1. The minimum Gasteiger partial charge on any atom is -0.505 e. The van der Waals surface area contributed by atoms with Crippen LogP contribution in [0.3, 0.4) is 0 Å². The number of phenolic OH excluding ortho intramolecular Hbond substituents is 1. The van der Waals surface area contributed by atoms with Crippen LogP contribution in [0.1, 0.15) is 71.1 Å². The number of aromatic nitrogens is 3. The molecule has 0 aliphatic carbocycles. The minimum atomic E-state index is -0.675. The molecule has 9 heteroatoms. The van der Waals surface area contributed by atoms with Crippen molar-refractivity contribution in [3.05, 3.63) is 82.9 Å². The molecule has 3 aromatic carbocycles. The summed E-state index contributed by atoms with van der Waals surface area (Å²) in [6.07, 6.45) is 2.10. The molecular formula is C35H39N5O4. The van der Waals surface area contributed by atoms with E-state index in [0.29, 0.717) is 24.3 Å². The maximum atomic E-state index is 12.2. The molecule has 1 saturated heterocycles. The first kappa shape index (κ1) is 30.7. The molecule has 1 aromatic heterocycles. The lowest BCUT2D eigenvalue weighted by Gasteiger charge is -2.34. The molecule has 0 bridgehead atoms. The average molecular weight is 594 g/mol. The molecule has 0 atom stereocenters. The molecule has 44 heavy (non-hydrogen) atoms. The fraction of sp³-hybridized carbons (Fsp3) is 0.343. The molecular weight excluding hydrogens is 554 g/mol. The van der Waals surface area contributed by atoms with Crippen molar-refractivity contribution in [2.24, 2.45) is 5.41 Å². The van der Waals surface area contributed by atoms with Crippen LogP contribution in [0.2, 0.25) is 0 Å².